The molecule has 1 amide bonds. The first-order valence-electron chi connectivity index (χ1n) is 6.24. The molecule has 2 aliphatic heterocycles. The van der Waals surface area contributed by atoms with E-state index >= 15 is 0 Å². The Kier molecular flexibility index (Phi) is 3.45. The van der Waals surface area contributed by atoms with Crippen LogP contribution in [0.5, 0.6) is 0 Å². The zero-order valence-corrected chi connectivity index (χ0v) is 11.3. The number of halogens is 2. The maximum atomic E-state index is 14.0. The number of ketones is 1. The Labute approximate surface area is 119 Å². The molecule has 0 aromatic heterocycles. The van der Waals surface area contributed by atoms with Gasteiger partial charge in [0.2, 0.25) is 0 Å². The van der Waals surface area contributed by atoms with Crippen LogP contribution in [0.4, 0.5) is 10.1 Å². The van der Waals surface area contributed by atoms with Gasteiger partial charge in [0.1, 0.15) is 5.82 Å². The second kappa shape index (κ2) is 5.12. The molecular weight excluding hydrogens is 287 g/mol. The lowest BCUT2D eigenvalue weighted by atomic mass is 10.1. The SMILES string of the molecule is O=C1C(=O)N(CN2CCOCC2)c2c(F)ccc(Cl)c21. The molecule has 0 atom stereocenters. The van der Waals surface area contributed by atoms with Crippen LogP contribution in [0.25, 0.3) is 0 Å². The van der Waals surface area contributed by atoms with E-state index in [4.69, 9.17) is 16.3 Å². The van der Waals surface area contributed by atoms with E-state index in [1.807, 2.05) is 4.90 Å². The lowest BCUT2D eigenvalue weighted by Crippen LogP contribution is -2.46. The third kappa shape index (κ3) is 2.09. The monoisotopic (exact) mass is 298 g/mol. The fourth-order valence-corrected chi connectivity index (χ4v) is 2.67. The van der Waals surface area contributed by atoms with Gasteiger partial charge >= 0.3 is 5.91 Å². The van der Waals surface area contributed by atoms with Crippen LogP contribution in [0.2, 0.25) is 5.02 Å². The highest BCUT2D eigenvalue weighted by Crippen LogP contribution is 2.36. The van der Waals surface area contributed by atoms with Gasteiger partial charge < -0.3 is 4.74 Å². The molecule has 106 valence electrons. The highest BCUT2D eigenvalue weighted by atomic mass is 35.5. The minimum atomic E-state index is -0.752. The maximum Gasteiger partial charge on any atom is 0.300 e. The van der Waals surface area contributed by atoms with E-state index in [0.29, 0.717) is 26.3 Å². The van der Waals surface area contributed by atoms with Crippen LogP contribution in [-0.4, -0.2) is 49.6 Å². The molecule has 3 rings (SSSR count). The van der Waals surface area contributed by atoms with Gasteiger partial charge in [0.25, 0.3) is 5.78 Å². The predicted octanol–water partition coefficient (Wildman–Crippen LogP) is 1.30. The van der Waals surface area contributed by atoms with E-state index in [1.165, 1.54) is 12.1 Å². The lowest BCUT2D eigenvalue weighted by Gasteiger charge is -2.30. The third-order valence-corrected chi connectivity index (χ3v) is 3.77. The summed E-state index contributed by atoms with van der Waals surface area (Å²) in [5.74, 6) is -2.10. The summed E-state index contributed by atoms with van der Waals surface area (Å²) < 4.78 is 19.2. The highest BCUT2D eigenvalue weighted by Gasteiger charge is 2.40. The molecular formula is C13H12ClFN2O3. The molecule has 0 aliphatic carbocycles. The standard InChI is InChI=1S/C13H12ClFN2O3/c14-8-1-2-9(15)11-10(8)12(18)13(19)17(11)7-16-3-5-20-6-4-16/h1-2H,3-7H2. The summed E-state index contributed by atoms with van der Waals surface area (Å²) in [6, 6.07) is 2.46. The number of benzene rings is 1. The van der Waals surface area contributed by atoms with Crippen LogP contribution in [-0.2, 0) is 9.53 Å². The number of nitrogens with zero attached hydrogens (tertiary/aromatic N) is 2. The lowest BCUT2D eigenvalue weighted by molar-refractivity contribution is -0.115. The van der Waals surface area contributed by atoms with Crippen molar-refractivity contribution in [2.75, 3.05) is 37.9 Å². The summed E-state index contributed by atoms with van der Waals surface area (Å²) >= 11 is 5.91. The van der Waals surface area contributed by atoms with E-state index in [9.17, 15) is 14.0 Å². The normalized spacial score (nSPS) is 19.6. The fraction of sp³-hybridized carbons (Fsp3) is 0.385. The van der Waals surface area contributed by atoms with Crippen LogP contribution >= 0.6 is 11.6 Å². The van der Waals surface area contributed by atoms with Gasteiger partial charge in [0.15, 0.2) is 0 Å². The molecule has 20 heavy (non-hydrogen) atoms. The van der Waals surface area contributed by atoms with E-state index in [0.717, 1.165) is 4.90 Å². The average molecular weight is 299 g/mol. The summed E-state index contributed by atoms with van der Waals surface area (Å²) in [5.41, 5.74) is -0.0519. The average Bonchev–Trinajstić information content (AvgIpc) is 2.70. The zero-order chi connectivity index (χ0) is 14.3. The molecule has 0 radical (unpaired) electrons. The van der Waals surface area contributed by atoms with Crippen LogP contribution in [0.15, 0.2) is 12.1 Å². The summed E-state index contributed by atoms with van der Waals surface area (Å²) in [6.45, 7) is 2.55. The first-order chi connectivity index (χ1) is 9.59. The number of morpholine rings is 1. The van der Waals surface area contributed by atoms with E-state index in [2.05, 4.69) is 0 Å². The number of rotatable bonds is 2. The van der Waals surface area contributed by atoms with Crippen molar-refractivity contribution in [1.29, 1.82) is 0 Å². The number of fused-ring (bicyclic) bond motifs is 1. The number of hydrogen-bond acceptors (Lipinski definition) is 4. The minimum Gasteiger partial charge on any atom is -0.379 e. The summed E-state index contributed by atoms with van der Waals surface area (Å²) in [7, 11) is 0. The van der Waals surface area contributed by atoms with Gasteiger partial charge in [-0.15, -0.1) is 0 Å². The third-order valence-electron chi connectivity index (χ3n) is 3.46. The summed E-state index contributed by atoms with van der Waals surface area (Å²) in [4.78, 5) is 27.1. The van der Waals surface area contributed by atoms with Crippen LogP contribution < -0.4 is 4.90 Å². The smallest absolute Gasteiger partial charge is 0.300 e. The first kappa shape index (κ1) is 13.5. The molecule has 0 unspecified atom stereocenters. The van der Waals surface area contributed by atoms with Crippen LogP contribution in [0.1, 0.15) is 10.4 Å². The number of carbonyl (C=O) groups is 2. The number of amides is 1. The van der Waals surface area contributed by atoms with Crippen molar-refractivity contribution in [3.63, 3.8) is 0 Å². The topological polar surface area (TPSA) is 49.9 Å². The highest BCUT2D eigenvalue weighted by molar-refractivity contribution is 6.55. The Morgan fingerprint density at radius 2 is 1.95 bits per heavy atom. The van der Waals surface area contributed by atoms with Crippen molar-refractivity contribution in [2.45, 2.75) is 0 Å². The van der Waals surface area contributed by atoms with Gasteiger partial charge in [-0.25, -0.2) is 4.39 Å². The molecule has 0 bridgehead atoms. The molecule has 1 fully saturated rings. The Bertz CT molecular complexity index is 587. The summed E-state index contributed by atoms with van der Waals surface area (Å²) in [6.07, 6.45) is 0. The molecule has 0 N–H and O–H groups in total. The number of carbonyl (C=O) groups excluding carboxylic acids is 2. The fourth-order valence-electron chi connectivity index (χ4n) is 2.43. The molecule has 1 aromatic rings. The summed E-state index contributed by atoms with van der Waals surface area (Å²) in [5, 5.41) is 0.101. The molecule has 1 aromatic carbocycles. The Morgan fingerprint density at radius 3 is 2.65 bits per heavy atom. The van der Waals surface area contributed by atoms with Crippen molar-refractivity contribution in [1.82, 2.24) is 4.90 Å². The maximum absolute atomic E-state index is 14.0. The second-order valence-corrected chi connectivity index (χ2v) is 5.09. The zero-order valence-electron chi connectivity index (χ0n) is 10.6. The van der Waals surface area contributed by atoms with Crippen molar-refractivity contribution in [3.8, 4) is 0 Å². The van der Waals surface area contributed by atoms with Gasteiger partial charge in [-0.2, -0.15) is 0 Å². The minimum absolute atomic E-state index is 0.0148. The van der Waals surface area contributed by atoms with Crippen LogP contribution in [0, 0.1) is 5.82 Å². The van der Waals surface area contributed by atoms with E-state index < -0.39 is 17.5 Å². The Morgan fingerprint density at radius 1 is 1.25 bits per heavy atom. The quantitative estimate of drug-likeness (QED) is 0.772. The number of Topliss-reactive ketones (excluding diaryl/α,β-unsaturated/α-hetero) is 1. The van der Waals surface area contributed by atoms with Crippen molar-refractivity contribution >= 4 is 29.0 Å². The predicted molar refractivity (Wildman–Crippen MR) is 70.5 cm³/mol. The first-order valence-corrected chi connectivity index (χ1v) is 6.61. The largest absolute Gasteiger partial charge is 0.379 e. The second-order valence-electron chi connectivity index (χ2n) is 4.69. The number of anilines is 1. The molecule has 0 saturated carbocycles. The van der Waals surface area contributed by atoms with Crippen molar-refractivity contribution in [2.24, 2.45) is 0 Å². The number of hydrogen-bond donors (Lipinski definition) is 0. The Balaban J connectivity index is 1.95. The van der Waals surface area contributed by atoms with Crippen molar-refractivity contribution < 1.29 is 18.7 Å². The molecule has 2 aliphatic rings. The van der Waals surface area contributed by atoms with Gasteiger partial charge in [-0.1, -0.05) is 11.6 Å². The molecule has 5 nitrogen and oxygen atoms in total. The molecule has 0 spiro atoms. The molecule has 7 heteroatoms. The van der Waals surface area contributed by atoms with Gasteiger partial charge in [0.05, 0.1) is 36.2 Å². The molecule has 2 heterocycles. The van der Waals surface area contributed by atoms with E-state index in [-0.39, 0.29) is 22.9 Å². The van der Waals surface area contributed by atoms with Gasteiger partial charge in [-0.05, 0) is 12.1 Å². The van der Waals surface area contributed by atoms with Crippen LogP contribution in [0.3, 0.4) is 0 Å². The number of ether oxygens (including phenoxy) is 1. The Hall–Kier alpha value is -1.50. The van der Waals surface area contributed by atoms with Gasteiger partial charge in [0, 0.05) is 13.1 Å². The molecule has 1 saturated heterocycles. The van der Waals surface area contributed by atoms with Gasteiger partial charge in [-0.3, -0.25) is 19.4 Å². The van der Waals surface area contributed by atoms with Crippen molar-refractivity contribution in [3.05, 3.63) is 28.5 Å². The van der Waals surface area contributed by atoms with E-state index in [1.54, 1.807) is 0 Å².